The van der Waals surface area contributed by atoms with E-state index in [1.807, 2.05) is 0 Å². The first-order chi connectivity index (χ1) is 14.7. The van der Waals surface area contributed by atoms with Crippen LogP contribution in [-0.2, 0) is 17.9 Å². The lowest BCUT2D eigenvalue weighted by atomic mass is 10.2. The van der Waals surface area contributed by atoms with Crippen molar-refractivity contribution < 1.29 is 13.6 Å². The van der Waals surface area contributed by atoms with Gasteiger partial charge in [0.15, 0.2) is 11.2 Å². The van der Waals surface area contributed by atoms with Crippen LogP contribution in [0.1, 0.15) is 31.7 Å². The molecule has 0 atom stereocenters. The van der Waals surface area contributed by atoms with E-state index in [1.165, 1.54) is 4.57 Å². The second kappa shape index (κ2) is 9.21. The number of hydrogen-bond donors (Lipinski definition) is 2. The highest BCUT2D eigenvalue weighted by Gasteiger charge is 2.16. The van der Waals surface area contributed by atoms with Crippen LogP contribution in [0.3, 0.4) is 0 Å². The molecule has 0 fully saturated rings. The summed E-state index contributed by atoms with van der Waals surface area (Å²) in [5.74, 6) is -2.65. The van der Waals surface area contributed by atoms with E-state index in [2.05, 4.69) is 15.0 Å². The van der Waals surface area contributed by atoms with Gasteiger partial charge < -0.3 is 10.7 Å². The number of aliphatic imine (C=N–C) groups is 1. The summed E-state index contributed by atoms with van der Waals surface area (Å²) in [7, 11) is 0. The van der Waals surface area contributed by atoms with E-state index >= 15 is 0 Å². The maximum Gasteiger partial charge on any atom is 0.332 e. The average Bonchev–Trinajstić information content (AvgIpc) is 3.09. The minimum Gasteiger partial charge on any atom is -0.383 e. The van der Waals surface area contributed by atoms with Crippen LogP contribution in [0.2, 0.25) is 5.28 Å². The van der Waals surface area contributed by atoms with Gasteiger partial charge in [0.05, 0.1) is 5.56 Å². The van der Waals surface area contributed by atoms with Crippen LogP contribution in [0, 0.1) is 11.6 Å². The van der Waals surface area contributed by atoms with Crippen molar-refractivity contribution in [3.63, 3.8) is 0 Å². The van der Waals surface area contributed by atoms with Gasteiger partial charge >= 0.3 is 5.69 Å². The van der Waals surface area contributed by atoms with Crippen molar-refractivity contribution in [1.29, 1.82) is 0 Å². The number of aryl methyl sites for hydroxylation is 1. The SMILES string of the molecule is CCn1c(=O)n(CCCCC(=O)N=C(N)c2ccc(F)cc2F)c(=O)c2[nH]c(Cl)nc21. The third kappa shape index (κ3) is 4.71. The molecule has 0 aliphatic carbocycles. The van der Waals surface area contributed by atoms with Crippen LogP contribution >= 0.6 is 11.6 Å². The van der Waals surface area contributed by atoms with Crippen LogP contribution in [-0.4, -0.2) is 30.8 Å². The Morgan fingerprint density at radius 2 is 2.00 bits per heavy atom. The molecule has 9 nitrogen and oxygen atoms in total. The number of benzene rings is 1. The van der Waals surface area contributed by atoms with Crippen LogP contribution in [0.25, 0.3) is 11.2 Å². The molecule has 3 aromatic rings. The number of rotatable bonds is 7. The summed E-state index contributed by atoms with van der Waals surface area (Å²) in [5.41, 5.74) is 4.69. The number of unbranched alkanes of at least 4 members (excludes halogenated alkanes) is 1. The number of nitrogens with zero attached hydrogens (tertiary/aromatic N) is 4. The van der Waals surface area contributed by atoms with E-state index in [0.29, 0.717) is 25.5 Å². The predicted molar refractivity (Wildman–Crippen MR) is 111 cm³/mol. The van der Waals surface area contributed by atoms with E-state index in [0.717, 1.165) is 16.7 Å². The highest BCUT2D eigenvalue weighted by atomic mass is 35.5. The quantitative estimate of drug-likeness (QED) is 0.245. The number of imidazole rings is 1. The molecule has 0 unspecified atom stereocenters. The molecular weight excluding hydrogens is 434 g/mol. The predicted octanol–water partition coefficient (Wildman–Crippen LogP) is 1.94. The van der Waals surface area contributed by atoms with Crippen molar-refractivity contribution in [1.82, 2.24) is 19.1 Å². The number of aromatic nitrogens is 4. The smallest absolute Gasteiger partial charge is 0.332 e. The van der Waals surface area contributed by atoms with Crippen molar-refractivity contribution in [2.75, 3.05) is 0 Å². The minimum atomic E-state index is -0.921. The fourth-order valence-electron chi connectivity index (χ4n) is 3.11. The summed E-state index contributed by atoms with van der Waals surface area (Å²) >= 11 is 5.82. The Bertz CT molecular complexity index is 1290. The third-order valence-electron chi connectivity index (χ3n) is 4.62. The second-order valence-corrected chi connectivity index (χ2v) is 7.04. The molecule has 1 amide bonds. The van der Waals surface area contributed by atoms with Crippen LogP contribution in [0.15, 0.2) is 32.8 Å². The maximum atomic E-state index is 13.7. The molecule has 0 radical (unpaired) electrons. The van der Waals surface area contributed by atoms with Crippen molar-refractivity contribution in [2.24, 2.45) is 10.7 Å². The summed E-state index contributed by atoms with van der Waals surface area (Å²) < 4.78 is 29.0. The minimum absolute atomic E-state index is 0.00471. The van der Waals surface area contributed by atoms with Crippen LogP contribution < -0.4 is 17.0 Å². The van der Waals surface area contributed by atoms with Gasteiger partial charge in [-0.1, -0.05) is 0 Å². The second-order valence-electron chi connectivity index (χ2n) is 6.68. The number of amides is 1. The number of carbonyl (C=O) groups is 1. The maximum absolute atomic E-state index is 13.7. The Balaban J connectivity index is 1.67. The lowest BCUT2D eigenvalue weighted by Crippen LogP contribution is -2.40. The number of carbonyl (C=O) groups excluding carboxylic acids is 1. The van der Waals surface area contributed by atoms with Gasteiger partial charge in [-0.05, 0) is 43.5 Å². The lowest BCUT2D eigenvalue weighted by molar-refractivity contribution is -0.117. The fraction of sp³-hybridized carbons (Fsp3) is 0.316. The summed E-state index contributed by atoms with van der Waals surface area (Å²) in [6, 6.07) is 2.75. The Hall–Kier alpha value is -3.34. The van der Waals surface area contributed by atoms with Gasteiger partial charge in [-0.2, -0.15) is 9.98 Å². The standard InChI is InChI=1S/C19H19ClF2N6O3/c1-2-27-16-14(25-18(20)26-16)17(30)28(19(27)31)8-4-3-5-13(29)24-15(23)11-7-6-10(21)9-12(11)22/h6-7,9H,2-5,8H2,1H3,(H,25,26)(H2,23,24,29). The molecule has 0 saturated carbocycles. The zero-order valence-electron chi connectivity index (χ0n) is 16.5. The molecule has 0 aliphatic rings. The van der Waals surface area contributed by atoms with Crippen molar-refractivity contribution >= 4 is 34.5 Å². The summed E-state index contributed by atoms with van der Waals surface area (Å²) in [6.07, 6.45) is 0.609. The van der Waals surface area contributed by atoms with E-state index in [4.69, 9.17) is 17.3 Å². The zero-order chi connectivity index (χ0) is 22.7. The van der Waals surface area contributed by atoms with Gasteiger partial charge in [-0.15, -0.1) is 0 Å². The van der Waals surface area contributed by atoms with Gasteiger partial charge in [-0.25, -0.2) is 13.6 Å². The van der Waals surface area contributed by atoms with Gasteiger partial charge in [-0.3, -0.25) is 18.7 Å². The molecule has 3 N–H and O–H groups in total. The number of halogens is 3. The number of fused-ring (bicyclic) bond motifs is 1. The number of nitrogens with two attached hydrogens (primary N) is 1. The molecule has 2 heterocycles. The van der Waals surface area contributed by atoms with E-state index in [1.54, 1.807) is 6.92 Å². The summed E-state index contributed by atoms with van der Waals surface area (Å²) in [6.45, 7) is 2.11. The first kappa shape index (κ1) is 22.3. The molecular formula is C19H19ClF2N6O3. The number of nitrogens with one attached hydrogen (secondary N) is 1. The fourth-order valence-corrected chi connectivity index (χ4v) is 3.29. The number of aromatic amines is 1. The summed E-state index contributed by atoms with van der Waals surface area (Å²) in [4.78, 5) is 47.4. The first-order valence-corrected chi connectivity index (χ1v) is 9.82. The Morgan fingerprint density at radius 1 is 1.26 bits per heavy atom. The number of amidine groups is 1. The average molecular weight is 453 g/mol. The molecule has 12 heteroatoms. The number of hydrogen-bond acceptors (Lipinski definition) is 4. The largest absolute Gasteiger partial charge is 0.383 e. The molecule has 2 aromatic heterocycles. The van der Waals surface area contributed by atoms with Crippen molar-refractivity contribution in [3.8, 4) is 0 Å². The van der Waals surface area contributed by atoms with Crippen molar-refractivity contribution in [2.45, 2.75) is 39.3 Å². The van der Waals surface area contributed by atoms with Gasteiger partial charge in [0.1, 0.15) is 17.5 Å². The molecule has 31 heavy (non-hydrogen) atoms. The zero-order valence-corrected chi connectivity index (χ0v) is 17.2. The van der Waals surface area contributed by atoms with E-state index < -0.39 is 28.8 Å². The van der Waals surface area contributed by atoms with Gasteiger partial charge in [0, 0.05) is 25.6 Å². The molecule has 0 saturated heterocycles. The Kier molecular flexibility index (Phi) is 6.64. The molecule has 0 bridgehead atoms. The van der Waals surface area contributed by atoms with Crippen LogP contribution in [0.5, 0.6) is 0 Å². The molecule has 0 aliphatic heterocycles. The normalized spacial score (nSPS) is 11.9. The third-order valence-corrected chi connectivity index (χ3v) is 4.80. The molecule has 164 valence electrons. The topological polar surface area (TPSA) is 128 Å². The summed E-state index contributed by atoms with van der Waals surface area (Å²) in [5, 5.41) is 0.00471. The lowest BCUT2D eigenvalue weighted by Gasteiger charge is -2.09. The van der Waals surface area contributed by atoms with E-state index in [-0.39, 0.29) is 40.8 Å². The number of H-pyrrole nitrogens is 1. The highest BCUT2D eigenvalue weighted by Crippen LogP contribution is 2.11. The Labute approximate surface area is 179 Å². The van der Waals surface area contributed by atoms with Crippen molar-refractivity contribution in [3.05, 3.63) is 61.5 Å². The van der Waals surface area contributed by atoms with E-state index in [9.17, 15) is 23.2 Å². The molecule has 0 spiro atoms. The highest BCUT2D eigenvalue weighted by molar-refractivity contribution is 6.29. The molecule has 3 rings (SSSR count). The monoisotopic (exact) mass is 452 g/mol. The van der Waals surface area contributed by atoms with Crippen LogP contribution in [0.4, 0.5) is 8.78 Å². The van der Waals surface area contributed by atoms with Gasteiger partial charge in [0.25, 0.3) is 5.56 Å². The first-order valence-electron chi connectivity index (χ1n) is 9.44. The van der Waals surface area contributed by atoms with Gasteiger partial charge in [0.2, 0.25) is 11.2 Å². The molecule has 1 aromatic carbocycles. The Morgan fingerprint density at radius 3 is 2.68 bits per heavy atom.